The standard InChI is InChI=1S/C11H12INO2/c1-11(7-13-11)15-10(14)9(12)8-5-3-2-4-6-8/h2-6,9,13H,7H2,1H3/p+1. The van der Waals surface area contributed by atoms with Crippen molar-refractivity contribution in [3.63, 3.8) is 0 Å². The molecule has 1 saturated heterocycles. The van der Waals surface area contributed by atoms with E-state index in [9.17, 15) is 4.79 Å². The zero-order chi connectivity index (χ0) is 10.9. The van der Waals surface area contributed by atoms with Crippen LogP contribution in [0.4, 0.5) is 0 Å². The van der Waals surface area contributed by atoms with Gasteiger partial charge in [0.1, 0.15) is 3.92 Å². The zero-order valence-corrected chi connectivity index (χ0v) is 10.6. The van der Waals surface area contributed by atoms with Crippen molar-refractivity contribution in [3.8, 4) is 0 Å². The predicted octanol–water partition coefficient (Wildman–Crippen LogP) is 0.999. The molecule has 1 aromatic carbocycles. The van der Waals surface area contributed by atoms with E-state index in [1.54, 1.807) is 0 Å². The molecule has 0 bridgehead atoms. The van der Waals surface area contributed by atoms with Gasteiger partial charge >= 0.3 is 5.97 Å². The second-order valence-electron chi connectivity index (χ2n) is 3.92. The average molecular weight is 318 g/mol. The molecule has 1 fully saturated rings. The fraction of sp³-hybridized carbons (Fsp3) is 0.364. The number of esters is 1. The first-order chi connectivity index (χ1) is 7.11. The minimum Gasteiger partial charge on any atom is -0.403 e. The highest BCUT2D eigenvalue weighted by Gasteiger charge is 2.49. The van der Waals surface area contributed by atoms with Crippen molar-refractivity contribution in [3.05, 3.63) is 35.9 Å². The topological polar surface area (TPSA) is 42.9 Å². The first-order valence-electron chi connectivity index (χ1n) is 4.87. The normalized spacial score (nSPS) is 25.7. The van der Waals surface area contributed by atoms with Crippen LogP contribution < -0.4 is 5.32 Å². The van der Waals surface area contributed by atoms with Gasteiger partial charge in [-0.3, -0.25) is 10.1 Å². The van der Waals surface area contributed by atoms with E-state index in [4.69, 9.17) is 4.74 Å². The van der Waals surface area contributed by atoms with E-state index in [2.05, 4.69) is 22.6 Å². The predicted molar refractivity (Wildman–Crippen MR) is 64.5 cm³/mol. The largest absolute Gasteiger partial charge is 0.403 e. The van der Waals surface area contributed by atoms with Gasteiger partial charge in [-0.15, -0.1) is 0 Å². The molecule has 0 spiro atoms. The second-order valence-corrected chi connectivity index (χ2v) is 5.16. The van der Waals surface area contributed by atoms with Gasteiger partial charge in [-0.25, -0.2) is 0 Å². The lowest BCUT2D eigenvalue weighted by Crippen LogP contribution is -2.65. The summed E-state index contributed by atoms with van der Waals surface area (Å²) in [5.74, 6) is -0.155. The van der Waals surface area contributed by atoms with Crippen LogP contribution in [0.15, 0.2) is 30.3 Å². The Morgan fingerprint density at radius 2 is 2.13 bits per heavy atom. The Hall–Kier alpha value is -0.620. The molecule has 3 nitrogen and oxygen atoms in total. The number of benzene rings is 1. The van der Waals surface area contributed by atoms with E-state index in [0.717, 1.165) is 12.1 Å². The van der Waals surface area contributed by atoms with E-state index in [0.29, 0.717) is 0 Å². The lowest BCUT2D eigenvalue weighted by Gasteiger charge is -2.10. The van der Waals surface area contributed by atoms with Crippen LogP contribution in [0.25, 0.3) is 0 Å². The molecular formula is C11H13INO2+. The van der Waals surface area contributed by atoms with E-state index >= 15 is 0 Å². The van der Waals surface area contributed by atoms with E-state index in [1.807, 2.05) is 42.6 Å². The second kappa shape index (κ2) is 4.09. The lowest BCUT2D eigenvalue weighted by atomic mass is 10.1. The van der Waals surface area contributed by atoms with Crippen molar-refractivity contribution in [2.24, 2.45) is 0 Å². The molecule has 1 aromatic rings. The van der Waals surface area contributed by atoms with Crippen LogP contribution in [-0.2, 0) is 9.53 Å². The van der Waals surface area contributed by atoms with Crippen LogP contribution in [0.5, 0.6) is 0 Å². The number of nitrogens with two attached hydrogens (primary N) is 1. The number of hydrogen-bond acceptors (Lipinski definition) is 2. The Kier molecular flexibility index (Phi) is 2.97. The monoisotopic (exact) mass is 318 g/mol. The van der Waals surface area contributed by atoms with Crippen LogP contribution >= 0.6 is 22.6 Å². The number of carbonyl (C=O) groups excluding carboxylic acids is 1. The van der Waals surface area contributed by atoms with Gasteiger partial charge in [0.2, 0.25) is 0 Å². The molecule has 1 aliphatic heterocycles. The van der Waals surface area contributed by atoms with E-state index < -0.39 is 0 Å². The van der Waals surface area contributed by atoms with Crippen molar-refractivity contribution in [1.82, 2.24) is 0 Å². The molecule has 0 amide bonds. The summed E-state index contributed by atoms with van der Waals surface area (Å²) < 4.78 is 5.15. The number of rotatable bonds is 3. The minimum atomic E-state index is -0.296. The van der Waals surface area contributed by atoms with Crippen molar-refractivity contribution < 1.29 is 14.8 Å². The molecule has 2 rings (SSSR count). The Morgan fingerprint density at radius 3 is 2.67 bits per heavy atom. The molecule has 0 radical (unpaired) electrons. The number of carbonyl (C=O) groups is 1. The summed E-state index contributed by atoms with van der Waals surface area (Å²) in [7, 11) is 0. The van der Waals surface area contributed by atoms with Crippen molar-refractivity contribution in [2.45, 2.75) is 16.6 Å². The van der Waals surface area contributed by atoms with Crippen molar-refractivity contribution in [2.75, 3.05) is 6.54 Å². The average Bonchev–Trinajstić information content (AvgIpc) is 2.96. The molecule has 2 atom stereocenters. The molecule has 0 saturated carbocycles. The molecule has 1 heterocycles. The van der Waals surface area contributed by atoms with Gasteiger partial charge in [0.25, 0.3) is 5.72 Å². The molecular weight excluding hydrogens is 305 g/mol. The first kappa shape index (κ1) is 10.9. The summed E-state index contributed by atoms with van der Waals surface area (Å²) in [6, 6.07) is 9.68. The highest BCUT2D eigenvalue weighted by atomic mass is 127. The quantitative estimate of drug-likeness (QED) is 0.391. The smallest absolute Gasteiger partial charge is 0.328 e. The zero-order valence-electron chi connectivity index (χ0n) is 8.44. The van der Waals surface area contributed by atoms with Crippen molar-refractivity contribution >= 4 is 28.6 Å². The molecule has 0 aliphatic carbocycles. The third kappa shape index (κ3) is 2.69. The SMILES string of the molecule is CC1(OC(=O)C(I)c2ccccc2)C[NH2+]1. The minimum absolute atomic E-state index is 0.155. The van der Waals surface area contributed by atoms with Crippen molar-refractivity contribution in [1.29, 1.82) is 0 Å². The van der Waals surface area contributed by atoms with E-state index in [-0.39, 0.29) is 15.6 Å². The number of halogens is 1. The third-order valence-electron chi connectivity index (χ3n) is 2.41. The van der Waals surface area contributed by atoms with Gasteiger partial charge in [0.15, 0.2) is 6.54 Å². The fourth-order valence-corrected chi connectivity index (χ4v) is 1.81. The number of quaternary nitrogens is 1. The first-order valence-corrected chi connectivity index (χ1v) is 6.11. The maximum atomic E-state index is 11.7. The number of alkyl halides is 1. The summed E-state index contributed by atoms with van der Waals surface area (Å²) in [5.41, 5.74) is 0.697. The molecule has 15 heavy (non-hydrogen) atoms. The lowest BCUT2D eigenvalue weighted by molar-refractivity contribution is -0.552. The molecule has 0 aromatic heterocycles. The highest BCUT2D eigenvalue weighted by molar-refractivity contribution is 14.1. The van der Waals surface area contributed by atoms with Crippen LogP contribution in [0.3, 0.4) is 0 Å². The van der Waals surface area contributed by atoms with Gasteiger partial charge in [0.05, 0.1) is 0 Å². The third-order valence-corrected chi connectivity index (χ3v) is 3.64. The number of hydrogen-bond donors (Lipinski definition) is 1. The Morgan fingerprint density at radius 1 is 1.53 bits per heavy atom. The summed E-state index contributed by atoms with van der Waals surface area (Å²) in [6.07, 6.45) is 0. The Labute approximate surface area is 102 Å². The summed E-state index contributed by atoms with van der Waals surface area (Å²) >= 11 is 2.11. The maximum absolute atomic E-state index is 11.7. The Bertz CT molecular complexity index is 362. The summed E-state index contributed by atoms with van der Waals surface area (Å²) in [6.45, 7) is 2.80. The summed E-state index contributed by atoms with van der Waals surface area (Å²) in [4.78, 5) is 11.7. The fourth-order valence-electron chi connectivity index (χ4n) is 1.27. The molecule has 2 N–H and O–H groups in total. The van der Waals surface area contributed by atoms with Gasteiger partial charge < -0.3 is 4.74 Å². The maximum Gasteiger partial charge on any atom is 0.328 e. The van der Waals surface area contributed by atoms with Crippen LogP contribution in [0.2, 0.25) is 0 Å². The molecule has 4 heteroatoms. The molecule has 1 aliphatic rings. The van der Waals surface area contributed by atoms with Gasteiger partial charge in [0, 0.05) is 6.92 Å². The van der Waals surface area contributed by atoms with Crippen LogP contribution in [0.1, 0.15) is 16.4 Å². The molecule has 80 valence electrons. The van der Waals surface area contributed by atoms with Gasteiger partial charge in [-0.1, -0.05) is 52.9 Å². The Balaban J connectivity index is 2.01. The van der Waals surface area contributed by atoms with Crippen LogP contribution in [-0.4, -0.2) is 18.2 Å². The van der Waals surface area contributed by atoms with Crippen LogP contribution in [0, 0.1) is 0 Å². The van der Waals surface area contributed by atoms with E-state index in [1.165, 1.54) is 0 Å². The summed E-state index contributed by atoms with van der Waals surface area (Å²) in [5, 5.41) is 2.00. The molecule has 2 unspecified atom stereocenters. The van der Waals surface area contributed by atoms with Gasteiger partial charge in [-0.2, -0.15) is 0 Å². The highest BCUT2D eigenvalue weighted by Crippen LogP contribution is 2.26. The van der Waals surface area contributed by atoms with Gasteiger partial charge in [-0.05, 0) is 5.56 Å². The number of ether oxygens (including phenoxy) is 1.